The van der Waals surface area contributed by atoms with Gasteiger partial charge in [0.2, 0.25) is 0 Å². The van der Waals surface area contributed by atoms with Crippen molar-refractivity contribution in [1.29, 1.82) is 0 Å². The molecule has 1 amide bonds. The summed E-state index contributed by atoms with van der Waals surface area (Å²) in [6, 6.07) is 6.01. The van der Waals surface area contributed by atoms with Crippen molar-refractivity contribution in [3.63, 3.8) is 0 Å². The van der Waals surface area contributed by atoms with Gasteiger partial charge in [-0.1, -0.05) is 17.3 Å². The van der Waals surface area contributed by atoms with E-state index in [2.05, 4.69) is 20.6 Å². The van der Waals surface area contributed by atoms with E-state index >= 15 is 0 Å². The number of carbonyl (C=O) groups excluding carboxylic acids is 1. The summed E-state index contributed by atoms with van der Waals surface area (Å²) in [6.07, 6.45) is 1.96. The Balaban J connectivity index is 1.49. The maximum atomic E-state index is 12.9. The van der Waals surface area contributed by atoms with Crippen LogP contribution in [0.5, 0.6) is 5.75 Å². The Labute approximate surface area is 190 Å². The Morgan fingerprint density at radius 1 is 1.25 bits per heavy atom. The number of thiazole rings is 1. The molecule has 0 radical (unpaired) electrons. The lowest BCUT2D eigenvalue weighted by molar-refractivity contribution is 0.101. The lowest BCUT2D eigenvalue weighted by Crippen LogP contribution is -2.15. The molecule has 3 aromatic heterocycles. The summed E-state index contributed by atoms with van der Waals surface area (Å²) < 4.78 is 13.1. The van der Waals surface area contributed by atoms with E-state index in [1.807, 2.05) is 62.2 Å². The minimum Gasteiger partial charge on any atom is -0.488 e. The van der Waals surface area contributed by atoms with Gasteiger partial charge < -0.3 is 9.26 Å². The molecule has 0 unspecified atom stereocenters. The van der Waals surface area contributed by atoms with Crippen molar-refractivity contribution in [2.75, 3.05) is 5.32 Å². The lowest BCUT2D eigenvalue weighted by atomic mass is 10.1. The van der Waals surface area contributed by atoms with E-state index in [0.717, 1.165) is 40.4 Å². The summed E-state index contributed by atoms with van der Waals surface area (Å²) in [6.45, 7) is 10.7. The summed E-state index contributed by atoms with van der Waals surface area (Å²) in [4.78, 5) is 17.5. The molecule has 0 saturated carbocycles. The van der Waals surface area contributed by atoms with Crippen molar-refractivity contribution in [2.24, 2.45) is 0 Å². The van der Waals surface area contributed by atoms with Crippen LogP contribution in [0.4, 0.5) is 5.13 Å². The van der Waals surface area contributed by atoms with Gasteiger partial charge in [-0.3, -0.25) is 14.8 Å². The molecule has 4 rings (SSSR count). The Morgan fingerprint density at radius 2 is 2.06 bits per heavy atom. The molecule has 0 bridgehead atoms. The molecule has 0 spiro atoms. The number of hydrogen-bond donors (Lipinski definition) is 1. The van der Waals surface area contributed by atoms with Crippen LogP contribution in [0.2, 0.25) is 0 Å². The van der Waals surface area contributed by atoms with Gasteiger partial charge in [0.25, 0.3) is 5.91 Å². The first-order valence-electron chi connectivity index (χ1n) is 10.3. The molecule has 0 aliphatic rings. The average molecular weight is 452 g/mol. The van der Waals surface area contributed by atoms with Gasteiger partial charge in [-0.05, 0) is 51.8 Å². The Kier molecular flexibility index (Phi) is 6.09. The topological polar surface area (TPSA) is 95.1 Å². The van der Waals surface area contributed by atoms with Crippen molar-refractivity contribution in [2.45, 2.75) is 47.8 Å². The normalized spacial score (nSPS) is 11.0. The summed E-state index contributed by atoms with van der Waals surface area (Å²) in [5, 5.41) is 13.6. The third-order valence-electron chi connectivity index (χ3n) is 5.19. The minimum atomic E-state index is -0.386. The number of hydrogen-bond acceptors (Lipinski definition) is 7. The SMILES string of the molecule is CCn1cc(-c2csc(NC(=O)c3noc(C)c3COc3cc(C)ccc3C)n2)c(C)n1. The number of nitrogens with zero attached hydrogens (tertiary/aromatic N) is 4. The van der Waals surface area contributed by atoms with E-state index in [9.17, 15) is 4.79 Å². The zero-order valence-electron chi connectivity index (χ0n) is 18.7. The summed E-state index contributed by atoms with van der Waals surface area (Å²) in [5.74, 6) is 0.927. The fourth-order valence-electron chi connectivity index (χ4n) is 3.29. The van der Waals surface area contributed by atoms with Gasteiger partial charge in [0.1, 0.15) is 18.1 Å². The van der Waals surface area contributed by atoms with Crippen molar-refractivity contribution >= 4 is 22.4 Å². The van der Waals surface area contributed by atoms with Gasteiger partial charge in [-0.2, -0.15) is 5.10 Å². The first-order chi connectivity index (χ1) is 15.4. The number of amides is 1. The van der Waals surface area contributed by atoms with Crippen LogP contribution in [-0.2, 0) is 13.2 Å². The molecule has 3 heterocycles. The maximum absolute atomic E-state index is 12.9. The second kappa shape index (κ2) is 8.96. The highest BCUT2D eigenvalue weighted by molar-refractivity contribution is 7.14. The number of aryl methyl sites for hydroxylation is 5. The molecule has 4 aromatic rings. The molecule has 166 valence electrons. The van der Waals surface area contributed by atoms with Crippen LogP contribution in [0, 0.1) is 27.7 Å². The third-order valence-corrected chi connectivity index (χ3v) is 5.94. The number of ether oxygens (including phenoxy) is 1. The summed E-state index contributed by atoms with van der Waals surface area (Å²) in [7, 11) is 0. The molecule has 0 saturated heterocycles. The van der Waals surface area contributed by atoms with E-state index in [0.29, 0.717) is 16.5 Å². The minimum absolute atomic E-state index is 0.181. The largest absolute Gasteiger partial charge is 0.488 e. The molecule has 32 heavy (non-hydrogen) atoms. The first-order valence-corrected chi connectivity index (χ1v) is 11.2. The third kappa shape index (κ3) is 4.43. The first kappa shape index (κ1) is 21.8. The van der Waals surface area contributed by atoms with Crippen molar-refractivity contribution in [1.82, 2.24) is 19.9 Å². The van der Waals surface area contributed by atoms with Gasteiger partial charge in [-0.15, -0.1) is 11.3 Å². The smallest absolute Gasteiger partial charge is 0.280 e. The fourth-order valence-corrected chi connectivity index (χ4v) is 4.00. The van der Waals surface area contributed by atoms with E-state index < -0.39 is 0 Å². The van der Waals surface area contributed by atoms with Crippen molar-refractivity contribution < 1.29 is 14.1 Å². The van der Waals surface area contributed by atoms with Gasteiger partial charge in [-0.25, -0.2) is 4.98 Å². The van der Waals surface area contributed by atoms with Crippen LogP contribution < -0.4 is 10.1 Å². The molecule has 0 aliphatic carbocycles. The molecule has 8 nitrogen and oxygen atoms in total. The molecule has 1 N–H and O–H groups in total. The number of benzene rings is 1. The van der Waals surface area contributed by atoms with Gasteiger partial charge in [0.05, 0.1) is 17.0 Å². The van der Waals surface area contributed by atoms with E-state index in [1.165, 1.54) is 11.3 Å². The number of anilines is 1. The van der Waals surface area contributed by atoms with Crippen LogP contribution in [-0.4, -0.2) is 25.8 Å². The second-order valence-corrected chi connectivity index (χ2v) is 8.46. The number of carbonyl (C=O) groups is 1. The molecule has 9 heteroatoms. The Hall–Kier alpha value is -3.46. The van der Waals surface area contributed by atoms with Gasteiger partial charge in [0.15, 0.2) is 10.8 Å². The van der Waals surface area contributed by atoms with Crippen LogP contribution in [0.25, 0.3) is 11.3 Å². The standard InChI is InChI=1S/C23H25N5O3S/c1-6-28-10-17(15(4)26-28)19-12-32-23(24-19)25-22(29)21-18(16(5)31-27-21)11-30-20-9-13(2)7-8-14(20)3/h7-10,12H,6,11H2,1-5H3,(H,24,25,29). The number of aromatic nitrogens is 4. The predicted molar refractivity (Wildman–Crippen MR) is 123 cm³/mol. The van der Waals surface area contributed by atoms with Crippen molar-refractivity contribution in [3.05, 3.63) is 63.6 Å². The zero-order valence-corrected chi connectivity index (χ0v) is 19.5. The number of rotatable bonds is 7. The van der Waals surface area contributed by atoms with Crippen LogP contribution in [0.1, 0.15) is 45.6 Å². The molecular weight excluding hydrogens is 426 g/mol. The summed E-state index contributed by atoms with van der Waals surface area (Å²) >= 11 is 1.35. The van der Waals surface area contributed by atoms with Crippen LogP contribution >= 0.6 is 11.3 Å². The average Bonchev–Trinajstić information content (AvgIpc) is 3.47. The fraction of sp³-hybridized carbons (Fsp3) is 0.304. The van der Waals surface area contributed by atoms with Gasteiger partial charge in [0, 0.05) is 23.7 Å². The van der Waals surface area contributed by atoms with Crippen LogP contribution in [0.3, 0.4) is 0 Å². The maximum Gasteiger partial charge on any atom is 0.280 e. The molecular formula is C23H25N5O3S. The molecule has 0 aliphatic heterocycles. The molecule has 0 fully saturated rings. The van der Waals surface area contributed by atoms with Gasteiger partial charge >= 0.3 is 0 Å². The molecule has 0 atom stereocenters. The Morgan fingerprint density at radius 3 is 2.81 bits per heavy atom. The van der Waals surface area contributed by atoms with E-state index in [4.69, 9.17) is 9.26 Å². The summed E-state index contributed by atoms with van der Waals surface area (Å²) in [5.41, 5.74) is 5.55. The highest BCUT2D eigenvalue weighted by Crippen LogP contribution is 2.28. The van der Waals surface area contributed by atoms with Crippen LogP contribution in [0.15, 0.2) is 34.3 Å². The monoisotopic (exact) mass is 451 g/mol. The lowest BCUT2D eigenvalue weighted by Gasteiger charge is -2.10. The van der Waals surface area contributed by atoms with E-state index in [1.54, 1.807) is 6.92 Å². The highest BCUT2D eigenvalue weighted by Gasteiger charge is 2.22. The molecule has 1 aromatic carbocycles. The quantitative estimate of drug-likeness (QED) is 0.421. The van der Waals surface area contributed by atoms with E-state index in [-0.39, 0.29) is 18.2 Å². The zero-order chi connectivity index (χ0) is 22.8. The van der Waals surface area contributed by atoms with Crippen molar-refractivity contribution in [3.8, 4) is 17.0 Å². The Bertz CT molecular complexity index is 1270. The predicted octanol–water partition coefficient (Wildman–Crippen LogP) is 5.08. The second-order valence-electron chi connectivity index (χ2n) is 7.60. The highest BCUT2D eigenvalue weighted by atomic mass is 32.1. The number of nitrogens with one attached hydrogen (secondary N) is 1.